The minimum Gasteiger partial charge on any atom is -0.477 e. The second-order valence-electron chi connectivity index (χ2n) is 9.41. The standard InChI is InChI=1S/C24H24F3N3O6/c25-24(26,27)18-3-1-2-16-15(18)8-9-19(16)30-20(31)17(21(32)33)12-29(22(30)34)14-6-4-13(5-7-14)28-10-11-36-23(28)35/h1-3,12-14,19H,4-11H2,(H,32,33)/t13-,14+,19-/m1/s1. The first-order valence-electron chi connectivity index (χ1n) is 11.8. The molecule has 0 bridgehead atoms. The van der Waals surface area contributed by atoms with Crippen molar-refractivity contribution in [3.8, 4) is 0 Å². The van der Waals surface area contributed by atoms with E-state index in [-0.39, 0.29) is 36.1 Å². The molecule has 1 N–H and O–H groups in total. The van der Waals surface area contributed by atoms with Gasteiger partial charge in [-0.25, -0.2) is 14.4 Å². The zero-order valence-electron chi connectivity index (χ0n) is 19.2. The molecule has 2 fully saturated rings. The van der Waals surface area contributed by atoms with E-state index in [1.807, 2.05) is 0 Å². The second-order valence-corrected chi connectivity index (χ2v) is 9.41. The number of cyclic esters (lactones) is 1. The number of ether oxygens (including phenoxy) is 1. The van der Waals surface area contributed by atoms with Gasteiger partial charge in [-0.1, -0.05) is 12.1 Å². The Hall–Kier alpha value is -3.57. The Kier molecular flexibility index (Phi) is 5.92. The van der Waals surface area contributed by atoms with Crippen molar-refractivity contribution in [1.82, 2.24) is 14.0 Å². The number of carbonyl (C=O) groups excluding carboxylic acids is 1. The minimum atomic E-state index is -4.59. The van der Waals surface area contributed by atoms with Crippen molar-refractivity contribution in [3.05, 3.63) is 67.5 Å². The number of hydrogen-bond acceptors (Lipinski definition) is 5. The lowest BCUT2D eigenvalue weighted by molar-refractivity contribution is -0.138. The highest BCUT2D eigenvalue weighted by Crippen LogP contribution is 2.41. The summed E-state index contributed by atoms with van der Waals surface area (Å²) >= 11 is 0. The number of nitrogens with zero attached hydrogens (tertiary/aromatic N) is 3. The van der Waals surface area contributed by atoms with E-state index in [9.17, 15) is 37.5 Å². The molecule has 192 valence electrons. The van der Waals surface area contributed by atoms with Crippen molar-refractivity contribution in [2.45, 2.75) is 62.8 Å². The van der Waals surface area contributed by atoms with Gasteiger partial charge in [0.25, 0.3) is 5.56 Å². The quantitative estimate of drug-likeness (QED) is 0.681. The molecular weight excluding hydrogens is 483 g/mol. The number of carboxylic acid groups (broad SMARTS) is 1. The summed E-state index contributed by atoms with van der Waals surface area (Å²) in [6, 6.07) is 2.18. The SMILES string of the molecule is O=C(O)c1cn([C@H]2CC[C@@H](N3CCOC3=O)CC2)c(=O)n([C@@H]2CCc3c2cccc3C(F)(F)F)c1=O. The summed E-state index contributed by atoms with van der Waals surface area (Å²) in [5, 5.41) is 9.67. The molecule has 1 aromatic carbocycles. The van der Waals surface area contributed by atoms with Gasteiger partial charge in [0.1, 0.15) is 12.2 Å². The fraction of sp³-hybridized carbons (Fsp3) is 0.500. The van der Waals surface area contributed by atoms with Gasteiger partial charge >= 0.3 is 23.9 Å². The summed E-state index contributed by atoms with van der Waals surface area (Å²) in [7, 11) is 0. The van der Waals surface area contributed by atoms with Gasteiger partial charge in [0.15, 0.2) is 0 Å². The Labute approximate surface area is 202 Å². The van der Waals surface area contributed by atoms with E-state index in [0.717, 1.165) is 16.8 Å². The Morgan fingerprint density at radius 1 is 1.03 bits per heavy atom. The number of alkyl halides is 3. The number of carbonyl (C=O) groups is 2. The molecule has 2 aromatic rings. The van der Waals surface area contributed by atoms with E-state index in [2.05, 4.69) is 0 Å². The van der Waals surface area contributed by atoms with Gasteiger partial charge in [-0.2, -0.15) is 13.2 Å². The summed E-state index contributed by atoms with van der Waals surface area (Å²) in [6.45, 7) is 0.813. The van der Waals surface area contributed by atoms with Crippen molar-refractivity contribution < 1.29 is 32.6 Å². The van der Waals surface area contributed by atoms with Gasteiger partial charge in [-0.05, 0) is 55.7 Å². The molecule has 1 aromatic heterocycles. The summed E-state index contributed by atoms with van der Waals surface area (Å²) in [4.78, 5) is 52.1. The van der Waals surface area contributed by atoms with E-state index in [1.54, 1.807) is 4.90 Å². The molecule has 9 nitrogen and oxygen atoms in total. The Balaban J connectivity index is 1.53. The zero-order chi connectivity index (χ0) is 25.8. The van der Waals surface area contributed by atoms with Crippen LogP contribution < -0.4 is 11.2 Å². The first kappa shape index (κ1) is 24.1. The second kappa shape index (κ2) is 8.82. The van der Waals surface area contributed by atoms with Crippen LogP contribution in [-0.4, -0.2) is 50.4 Å². The molecule has 1 amide bonds. The lowest BCUT2D eigenvalue weighted by Gasteiger charge is -2.34. The number of rotatable bonds is 4. The number of fused-ring (bicyclic) bond motifs is 1. The van der Waals surface area contributed by atoms with Gasteiger partial charge in [0, 0.05) is 18.3 Å². The maximum absolute atomic E-state index is 13.6. The van der Waals surface area contributed by atoms with Crippen LogP contribution in [0.3, 0.4) is 0 Å². The van der Waals surface area contributed by atoms with Crippen molar-refractivity contribution in [2.24, 2.45) is 0 Å². The molecule has 0 unspecified atom stereocenters. The number of hydrogen-bond donors (Lipinski definition) is 1. The molecule has 12 heteroatoms. The smallest absolute Gasteiger partial charge is 0.416 e. The van der Waals surface area contributed by atoms with E-state index in [4.69, 9.17) is 4.74 Å². The highest BCUT2D eigenvalue weighted by Gasteiger charge is 2.39. The molecule has 0 spiro atoms. The fourth-order valence-corrected chi connectivity index (χ4v) is 5.83. The summed E-state index contributed by atoms with van der Waals surface area (Å²) in [6.07, 6.45) is -1.79. The molecule has 0 radical (unpaired) electrons. The summed E-state index contributed by atoms with van der Waals surface area (Å²) in [5.41, 5.74) is -2.98. The third kappa shape index (κ3) is 3.97. The van der Waals surface area contributed by atoms with Crippen molar-refractivity contribution in [2.75, 3.05) is 13.2 Å². The van der Waals surface area contributed by atoms with Gasteiger partial charge in [-0.15, -0.1) is 0 Å². The first-order chi connectivity index (χ1) is 17.1. The van der Waals surface area contributed by atoms with Crippen LogP contribution in [0.15, 0.2) is 34.0 Å². The first-order valence-corrected chi connectivity index (χ1v) is 11.8. The number of aromatic carboxylic acids is 1. The lowest BCUT2D eigenvalue weighted by Crippen LogP contribution is -2.46. The maximum Gasteiger partial charge on any atom is 0.416 e. The molecule has 1 saturated carbocycles. The Morgan fingerprint density at radius 2 is 1.72 bits per heavy atom. The van der Waals surface area contributed by atoms with Crippen molar-refractivity contribution >= 4 is 12.1 Å². The van der Waals surface area contributed by atoms with Crippen LogP contribution in [-0.2, 0) is 17.3 Å². The fourth-order valence-electron chi connectivity index (χ4n) is 5.83. The van der Waals surface area contributed by atoms with Crippen LogP contribution >= 0.6 is 0 Å². The average molecular weight is 507 g/mol. The molecule has 1 atom stereocenters. The average Bonchev–Trinajstić information content (AvgIpc) is 3.45. The monoisotopic (exact) mass is 507 g/mol. The number of halogens is 3. The van der Waals surface area contributed by atoms with E-state index in [0.29, 0.717) is 38.8 Å². The van der Waals surface area contributed by atoms with Crippen LogP contribution in [0, 0.1) is 0 Å². The van der Waals surface area contributed by atoms with E-state index in [1.165, 1.54) is 16.7 Å². The molecule has 1 aliphatic heterocycles. The lowest BCUT2D eigenvalue weighted by atomic mass is 9.90. The third-order valence-electron chi connectivity index (χ3n) is 7.52. The van der Waals surface area contributed by atoms with Crippen LogP contribution in [0.25, 0.3) is 0 Å². The van der Waals surface area contributed by atoms with Gasteiger partial charge in [0.2, 0.25) is 0 Å². The molecule has 5 rings (SSSR count). The number of benzene rings is 1. The molecule has 1 saturated heterocycles. The Bertz CT molecular complexity index is 1340. The molecular formula is C24H24F3N3O6. The largest absolute Gasteiger partial charge is 0.477 e. The predicted octanol–water partition coefficient (Wildman–Crippen LogP) is 3.20. The molecule has 2 aliphatic carbocycles. The highest BCUT2D eigenvalue weighted by atomic mass is 19.4. The summed E-state index contributed by atoms with van der Waals surface area (Å²) < 4.78 is 47.6. The topological polar surface area (TPSA) is 111 Å². The van der Waals surface area contributed by atoms with Gasteiger partial charge in [0.05, 0.1) is 18.2 Å². The molecule has 3 aliphatic rings. The number of amides is 1. The molecule has 2 heterocycles. The Morgan fingerprint density at radius 3 is 2.33 bits per heavy atom. The van der Waals surface area contributed by atoms with Crippen LogP contribution in [0.5, 0.6) is 0 Å². The minimum absolute atomic E-state index is 0.00983. The zero-order valence-corrected chi connectivity index (χ0v) is 19.2. The number of carboxylic acids is 1. The van der Waals surface area contributed by atoms with E-state index >= 15 is 0 Å². The van der Waals surface area contributed by atoms with Crippen molar-refractivity contribution in [1.29, 1.82) is 0 Å². The third-order valence-corrected chi connectivity index (χ3v) is 7.52. The normalized spacial score (nSPS) is 24.0. The van der Waals surface area contributed by atoms with Crippen LogP contribution in [0.4, 0.5) is 18.0 Å². The predicted molar refractivity (Wildman–Crippen MR) is 119 cm³/mol. The number of aromatic nitrogens is 2. The van der Waals surface area contributed by atoms with Gasteiger partial charge < -0.3 is 14.7 Å². The van der Waals surface area contributed by atoms with Gasteiger partial charge in [-0.3, -0.25) is 13.9 Å². The maximum atomic E-state index is 13.6. The summed E-state index contributed by atoms with van der Waals surface area (Å²) in [5.74, 6) is -1.52. The van der Waals surface area contributed by atoms with E-state index < -0.39 is 46.6 Å². The molecule has 36 heavy (non-hydrogen) atoms. The van der Waals surface area contributed by atoms with Crippen LogP contribution in [0.1, 0.15) is 71.2 Å². The van der Waals surface area contributed by atoms with Crippen molar-refractivity contribution in [3.63, 3.8) is 0 Å². The highest BCUT2D eigenvalue weighted by molar-refractivity contribution is 5.86. The van der Waals surface area contributed by atoms with Crippen LogP contribution in [0.2, 0.25) is 0 Å².